The van der Waals surface area contributed by atoms with Crippen LogP contribution in [0.1, 0.15) is 42.2 Å². The molecule has 3 aromatic heterocycles. The fourth-order valence-electron chi connectivity index (χ4n) is 3.92. The van der Waals surface area contributed by atoms with Crippen molar-refractivity contribution < 1.29 is 8.78 Å². The SMILES string of the molecule is Cc1c(Cn2nc[nH]c2=O)sc2c1c(=O)n(C1CC1)c(=O)n2CC1CCC1(F)F. The molecule has 0 aromatic carbocycles. The second kappa shape index (κ2) is 6.22. The van der Waals surface area contributed by atoms with E-state index in [1.54, 1.807) is 6.92 Å². The number of thiophene rings is 1. The van der Waals surface area contributed by atoms with E-state index in [1.807, 2.05) is 0 Å². The number of nitrogens with zero attached hydrogens (tertiary/aromatic N) is 4. The molecule has 1 unspecified atom stereocenters. The molecule has 5 rings (SSSR count). The van der Waals surface area contributed by atoms with E-state index in [2.05, 4.69) is 10.1 Å². The van der Waals surface area contributed by atoms with Crippen molar-refractivity contribution in [2.45, 2.75) is 57.7 Å². The molecule has 0 spiro atoms. The average Bonchev–Trinajstić information content (AvgIpc) is 3.33. The largest absolute Gasteiger partial charge is 0.343 e. The zero-order chi connectivity index (χ0) is 20.5. The van der Waals surface area contributed by atoms with Crippen LogP contribution in [0.25, 0.3) is 10.2 Å². The van der Waals surface area contributed by atoms with Gasteiger partial charge in [-0.15, -0.1) is 11.3 Å². The van der Waals surface area contributed by atoms with Gasteiger partial charge in [-0.1, -0.05) is 0 Å². The van der Waals surface area contributed by atoms with E-state index in [9.17, 15) is 23.2 Å². The van der Waals surface area contributed by atoms with E-state index in [0.717, 1.165) is 12.8 Å². The van der Waals surface area contributed by atoms with Gasteiger partial charge in [-0.2, -0.15) is 5.10 Å². The third-order valence-electron chi connectivity index (χ3n) is 5.99. The predicted molar refractivity (Wildman–Crippen MR) is 103 cm³/mol. The minimum absolute atomic E-state index is 0.114. The number of halogens is 2. The summed E-state index contributed by atoms with van der Waals surface area (Å²) in [6, 6.07) is -0.163. The van der Waals surface area contributed by atoms with Crippen LogP contribution in [-0.4, -0.2) is 29.8 Å². The van der Waals surface area contributed by atoms with Gasteiger partial charge in [0.1, 0.15) is 11.2 Å². The first-order valence-corrected chi connectivity index (χ1v) is 10.3. The number of alkyl halides is 2. The van der Waals surface area contributed by atoms with Crippen molar-refractivity contribution in [1.82, 2.24) is 23.9 Å². The van der Waals surface area contributed by atoms with Crippen molar-refractivity contribution in [3.63, 3.8) is 0 Å². The highest BCUT2D eigenvalue weighted by Gasteiger charge is 2.48. The molecule has 3 heterocycles. The highest BCUT2D eigenvalue weighted by atomic mass is 32.1. The smallest absolute Gasteiger partial charge is 0.295 e. The highest BCUT2D eigenvalue weighted by Crippen LogP contribution is 2.44. The van der Waals surface area contributed by atoms with Crippen LogP contribution in [0, 0.1) is 12.8 Å². The summed E-state index contributed by atoms with van der Waals surface area (Å²) in [5.41, 5.74) is -0.618. The molecule has 29 heavy (non-hydrogen) atoms. The number of nitrogens with one attached hydrogen (secondary N) is 1. The van der Waals surface area contributed by atoms with Gasteiger partial charge in [-0.3, -0.25) is 18.9 Å². The summed E-state index contributed by atoms with van der Waals surface area (Å²) in [6.07, 6.45) is 2.93. The van der Waals surface area contributed by atoms with Crippen LogP contribution in [0.2, 0.25) is 0 Å². The summed E-state index contributed by atoms with van der Waals surface area (Å²) in [6.45, 7) is 1.79. The molecule has 2 fully saturated rings. The van der Waals surface area contributed by atoms with Gasteiger partial charge in [0, 0.05) is 29.8 Å². The number of hydrogen-bond acceptors (Lipinski definition) is 5. The number of rotatable bonds is 5. The van der Waals surface area contributed by atoms with E-state index in [4.69, 9.17) is 0 Å². The predicted octanol–water partition coefficient (Wildman–Crippen LogP) is 1.85. The Kier molecular flexibility index (Phi) is 3.96. The third-order valence-corrected chi connectivity index (χ3v) is 7.29. The summed E-state index contributed by atoms with van der Waals surface area (Å²) < 4.78 is 31.6. The molecule has 8 nitrogen and oxygen atoms in total. The summed E-state index contributed by atoms with van der Waals surface area (Å²) in [7, 11) is 0. The number of fused-ring (bicyclic) bond motifs is 1. The van der Waals surface area contributed by atoms with E-state index in [0.29, 0.717) is 27.1 Å². The van der Waals surface area contributed by atoms with Gasteiger partial charge in [0.25, 0.3) is 11.5 Å². The van der Waals surface area contributed by atoms with E-state index < -0.39 is 17.5 Å². The first-order chi connectivity index (χ1) is 13.8. The molecule has 0 amide bonds. The first-order valence-electron chi connectivity index (χ1n) is 9.53. The van der Waals surface area contributed by atoms with Crippen molar-refractivity contribution >= 4 is 21.6 Å². The van der Waals surface area contributed by atoms with Crippen molar-refractivity contribution in [3.05, 3.63) is 48.1 Å². The van der Waals surface area contributed by atoms with Gasteiger partial charge in [0.05, 0.1) is 11.9 Å². The number of hydrogen-bond donors (Lipinski definition) is 1. The Bertz CT molecular complexity index is 1290. The summed E-state index contributed by atoms with van der Waals surface area (Å²) in [5.74, 6) is -3.70. The lowest BCUT2D eigenvalue weighted by atomic mass is 9.81. The zero-order valence-corrected chi connectivity index (χ0v) is 16.5. The molecule has 154 valence electrons. The molecule has 1 N–H and O–H groups in total. The molecule has 0 radical (unpaired) electrons. The molecular formula is C18H19F2N5O3S. The molecule has 2 saturated carbocycles. The van der Waals surface area contributed by atoms with Gasteiger partial charge in [0.2, 0.25) is 0 Å². The van der Waals surface area contributed by atoms with Crippen LogP contribution in [0.3, 0.4) is 0 Å². The van der Waals surface area contributed by atoms with Gasteiger partial charge in [-0.05, 0) is 31.7 Å². The molecule has 0 saturated heterocycles. The Hall–Kier alpha value is -2.56. The van der Waals surface area contributed by atoms with E-state index in [-0.39, 0.29) is 36.8 Å². The Labute approximate surface area is 166 Å². The number of aromatic amines is 1. The Morgan fingerprint density at radius 1 is 1.28 bits per heavy atom. The number of H-pyrrole nitrogens is 1. The average molecular weight is 423 g/mol. The van der Waals surface area contributed by atoms with Crippen molar-refractivity contribution in [3.8, 4) is 0 Å². The van der Waals surface area contributed by atoms with Gasteiger partial charge < -0.3 is 0 Å². The van der Waals surface area contributed by atoms with Gasteiger partial charge >= 0.3 is 11.4 Å². The van der Waals surface area contributed by atoms with Gasteiger partial charge in [0.15, 0.2) is 0 Å². The number of aromatic nitrogens is 5. The lowest BCUT2D eigenvalue weighted by Crippen LogP contribution is -2.46. The van der Waals surface area contributed by atoms with Crippen molar-refractivity contribution in [1.29, 1.82) is 0 Å². The van der Waals surface area contributed by atoms with Crippen LogP contribution < -0.4 is 16.9 Å². The quantitative estimate of drug-likeness (QED) is 0.678. The second-order valence-corrected chi connectivity index (χ2v) is 8.96. The minimum atomic E-state index is -2.79. The monoisotopic (exact) mass is 423 g/mol. The van der Waals surface area contributed by atoms with Crippen LogP contribution >= 0.6 is 11.3 Å². The lowest BCUT2D eigenvalue weighted by molar-refractivity contribution is -0.137. The maximum Gasteiger partial charge on any atom is 0.343 e. The summed E-state index contributed by atoms with van der Waals surface area (Å²) in [4.78, 5) is 41.5. The first kappa shape index (κ1) is 18.5. The molecule has 0 aliphatic heterocycles. The third kappa shape index (κ3) is 2.82. The van der Waals surface area contributed by atoms with Crippen LogP contribution in [0.4, 0.5) is 8.78 Å². The topological polar surface area (TPSA) is 94.7 Å². The molecule has 0 bridgehead atoms. The Balaban J connectivity index is 1.70. The van der Waals surface area contributed by atoms with E-state index >= 15 is 0 Å². The normalized spacial score (nSPS) is 20.9. The maximum atomic E-state index is 13.9. The van der Waals surface area contributed by atoms with Crippen LogP contribution in [-0.2, 0) is 13.1 Å². The lowest BCUT2D eigenvalue weighted by Gasteiger charge is -2.36. The molecule has 3 aromatic rings. The second-order valence-electron chi connectivity index (χ2n) is 7.88. The van der Waals surface area contributed by atoms with E-state index in [1.165, 1.54) is 31.5 Å². The van der Waals surface area contributed by atoms with Crippen molar-refractivity contribution in [2.75, 3.05) is 0 Å². The van der Waals surface area contributed by atoms with Gasteiger partial charge in [-0.25, -0.2) is 23.1 Å². The fraction of sp³-hybridized carbons (Fsp3) is 0.556. The molecule has 2 aliphatic rings. The van der Waals surface area contributed by atoms with Crippen LogP contribution in [0.5, 0.6) is 0 Å². The molecular weight excluding hydrogens is 404 g/mol. The summed E-state index contributed by atoms with van der Waals surface area (Å²) in [5, 5.41) is 4.31. The van der Waals surface area contributed by atoms with Crippen LogP contribution in [0.15, 0.2) is 20.7 Å². The molecule has 2 aliphatic carbocycles. The minimum Gasteiger partial charge on any atom is -0.295 e. The molecule has 11 heteroatoms. The standard InChI is InChI=1S/C18H19F2N5O3S/c1-9-12(7-24-16(27)21-8-22-24)29-15-13(9)14(26)25(11-2-3-11)17(28)23(15)6-10-4-5-18(10,19)20/h8,10-11H,2-7H2,1H3,(H,21,22,27). The Morgan fingerprint density at radius 2 is 2.03 bits per heavy atom. The zero-order valence-electron chi connectivity index (χ0n) is 15.7. The summed E-state index contributed by atoms with van der Waals surface area (Å²) >= 11 is 1.19. The van der Waals surface area contributed by atoms with Crippen molar-refractivity contribution in [2.24, 2.45) is 5.92 Å². The number of aryl methyl sites for hydroxylation is 1. The fourth-order valence-corrected chi connectivity index (χ4v) is 5.20. The maximum absolute atomic E-state index is 13.9. The Morgan fingerprint density at radius 3 is 2.59 bits per heavy atom. The highest BCUT2D eigenvalue weighted by molar-refractivity contribution is 7.18. The molecule has 1 atom stereocenters.